The highest BCUT2D eigenvalue weighted by Crippen LogP contribution is 2.39. The third kappa shape index (κ3) is 3.41. The van der Waals surface area contributed by atoms with Crippen molar-refractivity contribution in [3.8, 4) is 0 Å². The van der Waals surface area contributed by atoms with E-state index in [-0.39, 0.29) is 23.5 Å². The number of anilines is 1. The Morgan fingerprint density at radius 2 is 2.00 bits per heavy atom. The van der Waals surface area contributed by atoms with Crippen molar-refractivity contribution in [3.05, 3.63) is 47.7 Å². The largest absolute Gasteiger partial charge is 0.363 e. The van der Waals surface area contributed by atoms with Crippen molar-refractivity contribution in [2.45, 2.75) is 64.6 Å². The molecule has 5 nitrogen and oxygen atoms in total. The molecule has 1 aliphatic rings. The van der Waals surface area contributed by atoms with Crippen LogP contribution in [0.3, 0.4) is 0 Å². The SMILES string of the molecule is CCC(CC)NC(=O)c1cnn2c1NC(c1ccccc1)CC2(C)C. The molecule has 0 aliphatic carbocycles. The highest BCUT2D eigenvalue weighted by Gasteiger charge is 2.36. The second kappa shape index (κ2) is 6.90. The molecule has 1 atom stereocenters. The summed E-state index contributed by atoms with van der Waals surface area (Å²) in [7, 11) is 0. The number of fused-ring (bicyclic) bond motifs is 1. The van der Waals surface area contributed by atoms with Crippen LogP contribution in [0.2, 0.25) is 0 Å². The third-order valence-corrected chi connectivity index (χ3v) is 5.12. The lowest BCUT2D eigenvalue weighted by Crippen LogP contribution is -2.39. The molecule has 25 heavy (non-hydrogen) atoms. The Balaban J connectivity index is 1.92. The summed E-state index contributed by atoms with van der Waals surface area (Å²) in [6, 6.07) is 10.8. The molecule has 0 saturated carbocycles. The average Bonchev–Trinajstić information content (AvgIpc) is 3.05. The summed E-state index contributed by atoms with van der Waals surface area (Å²) in [5.41, 5.74) is 1.70. The number of nitrogens with one attached hydrogen (secondary N) is 2. The van der Waals surface area contributed by atoms with E-state index in [0.717, 1.165) is 25.1 Å². The zero-order valence-electron chi connectivity index (χ0n) is 15.5. The molecule has 1 amide bonds. The number of hydrogen-bond donors (Lipinski definition) is 2. The van der Waals surface area contributed by atoms with E-state index in [1.165, 1.54) is 5.56 Å². The first kappa shape index (κ1) is 17.5. The molecule has 0 saturated heterocycles. The van der Waals surface area contributed by atoms with Crippen molar-refractivity contribution < 1.29 is 4.79 Å². The van der Waals surface area contributed by atoms with Gasteiger partial charge in [0.1, 0.15) is 11.4 Å². The van der Waals surface area contributed by atoms with Gasteiger partial charge in [-0.2, -0.15) is 5.10 Å². The fourth-order valence-corrected chi connectivity index (χ4v) is 3.56. The predicted octanol–water partition coefficient (Wildman–Crippen LogP) is 4.09. The van der Waals surface area contributed by atoms with Gasteiger partial charge < -0.3 is 10.6 Å². The Hall–Kier alpha value is -2.30. The maximum atomic E-state index is 12.8. The number of carbonyl (C=O) groups is 1. The lowest BCUT2D eigenvalue weighted by molar-refractivity contribution is 0.0935. The van der Waals surface area contributed by atoms with Gasteiger partial charge in [-0.1, -0.05) is 44.2 Å². The van der Waals surface area contributed by atoms with Crippen molar-refractivity contribution in [1.29, 1.82) is 0 Å². The summed E-state index contributed by atoms with van der Waals surface area (Å²) in [4.78, 5) is 12.8. The van der Waals surface area contributed by atoms with Crippen LogP contribution in [0.4, 0.5) is 5.82 Å². The van der Waals surface area contributed by atoms with Crippen LogP contribution in [0, 0.1) is 0 Å². The number of nitrogens with zero attached hydrogens (tertiary/aromatic N) is 2. The summed E-state index contributed by atoms with van der Waals surface area (Å²) in [5, 5.41) is 11.2. The monoisotopic (exact) mass is 340 g/mol. The maximum absolute atomic E-state index is 12.8. The van der Waals surface area contributed by atoms with Crippen LogP contribution < -0.4 is 10.6 Å². The minimum atomic E-state index is -0.158. The number of rotatable bonds is 5. The topological polar surface area (TPSA) is 59.0 Å². The fraction of sp³-hybridized carbons (Fsp3) is 0.500. The molecular formula is C20H28N4O. The molecule has 0 bridgehead atoms. The number of hydrogen-bond acceptors (Lipinski definition) is 3. The van der Waals surface area contributed by atoms with E-state index in [1.807, 2.05) is 10.7 Å². The number of benzene rings is 1. The summed E-state index contributed by atoms with van der Waals surface area (Å²) >= 11 is 0. The van der Waals surface area contributed by atoms with E-state index in [2.05, 4.69) is 67.7 Å². The van der Waals surface area contributed by atoms with Crippen LogP contribution >= 0.6 is 0 Å². The molecule has 2 aromatic rings. The van der Waals surface area contributed by atoms with Crippen LogP contribution in [-0.4, -0.2) is 21.7 Å². The Labute approximate surface area is 149 Å². The summed E-state index contributed by atoms with van der Waals surface area (Å²) in [5.74, 6) is 0.764. The van der Waals surface area contributed by atoms with Crippen molar-refractivity contribution in [1.82, 2.24) is 15.1 Å². The van der Waals surface area contributed by atoms with Crippen molar-refractivity contribution in [2.24, 2.45) is 0 Å². The fourth-order valence-electron chi connectivity index (χ4n) is 3.56. The van der Waals surface area contributed by atoms with Gasteiger partial charge in [0.2, 0.25) is 0 Å². The average molecular weight is 340 g/mol. The molecule has 1 aromatic heterocycles. The Morgan fingerprint density at radius 3 is 2.64 bits per heavy atom. The molecule has 134 valence electrons. The van der Waals surface area contributed by atoms with E-state index >= 15 is 0 Å². The van der Waals surface area contributed by atoms with Gasteiger partial charge in [0.25, 0.3) is 5.91 Å². The van der Waals surface area contributed by atoms with Gasteiger partial charge in [-0.15, -0.1) is 0 Å². The van der Waals surface area contributed by atoms with E-state index < -0.39 is 0 Å². The van der Waals surface area contributed by atoms with Crippen molar-refractivity contribution in [3.63, 3.8) is 0 Å². The maximum Gasteiger partial charge on any atom is 0.256 e. The molecular weight excluding hydrogens is 312 g/mol. The van der Waals surface area contributed by atoms with E-state index in [1.54, 1.807) is 6.20 Å². The third-order valence-electron chi connectivity index (χ3n) is 5.12. The molecule has 0 fully saturated rings. The van der Waals surface area contributed by atoms with Crippen LogP contribution in [0.25, 0.3) is 0 Å². The normalized spacial score (nSPS) is 18.5. The quantitative estimate of drug-likeness (QED) is 0.862. The van der Waals surface area contributed by atoms with Gasteiger partial charge in [-0.05, 0) is 38.7 Å². The first-order valence-electron chi connectivity index (χ1n) is 9.17. The van der Waals surface area contributed by atoms with E-state index in [0.29, 0.717) is 5.56 Å². The number of carbonyl (C=O) groups excluding carboxylic acids is 1. The molecule has 0 spiro atoms. The lowest BCUT2D eigenvalue weighted by Gasteiger charge is -2.38. The lowest BCUT2D eigenvalue weighted by atomic mass is 9.89. The molecule has 5 heteroatoms. The van der Waals surface area contributed by atoms with Crippen LogP contribution in [0.1, 0.15) is 68.9 Å². The van der Waals surface area contributed by atoms with Gasteiger partial charge >= 0.3 is 0 Å². The summed E-state index contributed by atoms with van der Waals surface area (Å²) in [6.45, 7) is 8.52. The first-order valence-corrected chi connectivity index (χ1v) is 9.17. The Kier molecular flexibility index (Phi) is 4.84. The number of aromatic nitrogens is 2. The van der Waals surface area contributed by atoms with Crippen molar-refractivity contribution >= 4 is 11.7 Å². The number of amides is 1. The standard InChI is InChI=1S/C20H28N4O/c1-5-15(6-2)22-19(25)16-13-21-24-18(16)23-17(12-20(24,3)4)14-10-8-7-9-11-14/h7-11,13,15,17,23H,5-6,12H2,1-4H3,(H,22,25). The minimum absolute atomic E-state index is 0.0491. The minimum Gasteiger partial charge on any atom is -0.363 e. The Bertz CT molecular complexity index is 731. The molecule has 1 unspecified atom stereocenters. The predicted molar refractivity (Wildman–Crippen MR) is 101 cm³/mol. The summed E-state index contributed by atoms with van der Waals surface area (Å²) in [6.07, 6.45) is 4.46. The van der Waals surface area contributed by atoms with Gasteiger partial charge in [-0.25, -0.2) is 4.68 Å². The van der Waals surface area contributed by atoms with Crippen molar-refractivity contribution in [2.75, 3.05) is 5.32 Å². The van der Waals surface area contributed by atoms with Gasteiger partial charge in [0, 0.05) is 6.04 Å². The van der Waals surface area contributed by atoms with Gasteiger partial charge in [0.15, 0.2) is 0 Å². The zero-order chi connectivity index (χ0) is 18.0. The van der Waals surface area contributed by atoms with Crippen LogP contribution in [0.15, 0.2) is 36.5 Å². The molecule has 2 heterocycles. The van der Waals surface area contributed by atoms with Crippen LogP contribution in [-0.2, 0) is 5.54 Å². The van der Waals surface area contributed by atoms with Crippen LogP contribution in [0.5, 0.6) is 0 Å². The second-order valence-corrected chi connectivity index (χ2v) is 7.43. The highest BCUT2D eigenvalue weighted by atomic mass is 16.1. The summed E-state index contributed by atoms with van der Waals surface area (Å²) < 4.78 is 1.95. The highest BCUT2D eigenvalue weighted by molar-refractivity contribution is 5.99. The second-order valence-electron chi connectivity index (χ2n) is 7.43. The van der Waals surface area contributed by atoms with Gasteiger partial charge in [0.05, 0.1) is 17.8 Å². The van der Waals surface area contributed by atoms with Gasteiger partial charge in [-0.3, -0.25) is 4.79 Å². The molecule has 2 N–H and O–H groups in total. The molecule has 3 rings (SSSR count). The molecule has 1 aromatic carbocycles. The van der Waals surface area contributed by atoms with E-state index in [4.69, 9.17) is 0 Å². The first-order chi connectivity index (χ1) is 12.0. The molecule has 0 radical (unpaired) electrons. The smallest absolute Gasteiger partial charge is 0.256 e. The zero-order valence-corrected chi connectivity index (χ0v) is 15.5. The Morgan fingerprint density at radius 1 is 1.32 bits per heavy atom. The molecule has 1 aliphatic heterocycles. The van der Waals surface area contributed by atoms with E-state index in [9.17, 15) is 4.79 Å².